The zero-order valence-electron chi connectivity index (χ0n) is 11.7. The van der Waals surface area contributed by atoms with Crippen molar-refractivity contribution >= 4 is 22.0 Å². The first kappa shape index (κ1) is 15.6. The first-order valence-electron chi connectivity index (χ1n) is 6.95. The SMILES string of the molecule is CC1CN(S(=O)(=O)N2CCC(CO)CC2)CC(C)S1. The lowest BCUT2D eigenvalue weighted by molar-refractivity contribution is 0.166. The third-order valence-electron chi connectivity index (χ3n) is 3.87. The number of nitrogens with zero attached hydrogens (tertiary/aromatic N) is 2. The molecule has 2 aliphatic heterocycles. The number of thioether (sulfide) groups is 1. The summed E-state index contributed by atoms with van der Waals surface area (Å²) in [5, 5.41) is 9.83. The molecule has 0 saturated carbocycles. The molecule has 0 radical (unpaired) electrons. The van der Waals surface area contributed by atoms with Crippen LogP contribution >= 0.6 is 11.8 Å². The molecule has 0 amide bonds. The molecule has 7 heteroatoms. The maximum atomic E-state index is 12.6. The van der Waals surface area contributed by atoms with Crippen LogP contribution in [0.25, 0.3) is 0 Å². The number of aliphatic hydroxyl groups excluding tert-OH is 1. The van der Waals surface area contributed by atoms with Crippen LogP contribution in [-0.4, -0.2) is 65.4 Å². The van der Waals surface area contributed by atoms with Gasteiger partial charge in [0.1, 0.15) is 0 Å². The highest BCUT2D eigenvalue weighted by Crippen LogP contribution is 2.29. The molecule has 0 spiro atoms. The average molecular weight is 308 g/mol. The average Bonchev–Trinajstić information content (AvgIpc) is 2.37. The van der Waals surface area contributed by atoms with Crippen molar-refractivity contribution in [2.45, 2.75) is 37.2 Å². The van der Waals surface area contributed by atoms with Gasteiger partial charge < -0.3 is 5.11 Å². The van der Waals surface area contributed by atoms with E-state index in [4.69, 9.17) is 5.11 Å². The lowest BCUT2D eigenvalue weighted by atomic mass is 10.00. The lowest BCUT2D eigenvalue weighted by Gasteiger charge is -2.39. The van der Waals surface area contributed by atoms with Gasteiger partial charge in [0, 0.05) is 43.3 Å². The normalized spacial score (nSPS) is 32.6. The molecule has 5 nitrogen and oxygen atoms in total. The Hall–Kier alpha value is 0.180. The molecule has 0 aliphatic carbocycles. The Morgan fingerprint density at radius 2 is 1.63 bits per heavy atom. The second kappa shape index (κ2) is 6.30. The zero-order chi connectivity index (χ0) is 14.0. The second-order valence-corrected chi connectivity index (χ2v) is 9.42. The van der Waals surface area contributed by atoms with E-state index in [1.165, 1.54) is 0 Å². The third kappa shape index (κ3) is 3.64. The van der Waals surface area contributed by atoms with Crippen molar-refractivity contribution in [3.63, 3.8) is 0 Å². The van der Waals surface area contributed by atoms with Crippen LogP contribution in [0.3, 0.4) is 0 Å². The Balaban J connectivity index is 2.02. The predicted octanol–water partition coefficient (Wildman–Crippen LogP) is 0.761. The molecule has 1 N–H and O–H groups in total. The van der Waals surface area contributed by atoms with Gasteiger partial charge in [-0.1, -0.05) is 13.8 Å². The monoisotopic (exact) mass is 308 g/mol. The van der Waals surface area contributed by atoms with Gasteiger partial charge >= 0.3 is 0 Å². The first-order chi connectivity index (χ1) is 8.93. The Morgan fingerprint density at radius 1 is 1.11 bits per heavy atom. The molecule has 2 rings (SSSR count). The van der Waals surface area contributed by atoms with Crippen LogP contribution in [0.15, 0.2) is 0 Å². The van der Waals surface area contributed by atoms with Crippen molar-refractivity contribution in [2.75, 3.05) is 32.8 Å². The summed E-state index contributed by atoms with van der Waals surface area (Å²) < 4.78 is 28.4. The van der Waals surface area contributed by atoms with Gasteiger partial charge in [-0.2, -0.15) is 28.8 Å². The Kier molecular flexibility index (Phi) is 5.16. The summed E-state index contributed by atoms with van der Waals surface area (Å²) in [6, 6.07) is 0. The molecule has 112 valence electrons. The highest BCUT2D eigenvalue weighted by Gasteiger charge is 2.36. The zero-order valence-corrected chi connectivity index (χ0v) is 13.3. The van der Waals surface area contributed by atoms with E-state index in [0.717, 1.165) is 12.8 Å². The Labute approximate surface area is 120 Å². The van der Waals surface area contributed by atoms with E-state index in [1.807, 2.05) is 11.8 Å². The van der Waals surface area contributed by atoms with Crippen LogP contribution in [0.2, 0.25) is 0 Å². The van der Waals surface area contributed by atoms with Gasteiger partial charge in [0.05, 0.1) is 0 Å². The number of hydrogen-bond acceptors (Lipinski definition) is 4. The highest BCUT2D eigenvalue weighted by atomic mass is 32.2. The molecule has 2 heterocycles. The summed E-state index contributed by atoms with van der Waals surface area (Å²) in [5.41, 5.74) is 0. The quantitative estimate of drug-likeness (QED) is 0.836. The summed E-state index contributed by atoms with van der Waals surface area (Å²) in [6.07, 6.45) is 1.53. The molecule has 19 heavy (non-hydrogen) atoms. The van der Waals surface area contributed by atoms with Crippen LogP contribution in [0, 0.1) is 5.92 Å². The highest BCUT2D eigenvalue weighted by molar-refractivity contribution is 8.00. The molecule has 2 unspecified atom stereocenters. The Bertz CT molecular complexity index is 384. The maximum Gasteiger partial charge on any atom is 0.282 e. The van der Waals surface area contributed by atoms with E-state index >= 15 is 0 Å². The summed E-state index contributed by atoms with van der Waals surface area (Å²) in [6.45, 7) is 6.64. The lowest BCUT2D eigenvalue weighted by Crippen LogP contribution is -2.52. The number of piperidine rings is 1. The van der Waals surface area contributed by atoms with E-state index in [9.17, 15) is 8.42 Å². The van der Waals surface area contributed by atoms with Crippen LogP contribution < -0.4 is 0 Å². The molecule has 2 saturated heterocycles. The smallest absolute Gasteiger partial charge is 0.282 e. The Morgan fingerprint density at radius 3 is 2.11 bits per heavy atom. The van der Waals surface area contributed by atoms with Gasteiger partial charge in [-0.3, -0.25) is 0 Å². The summed E-state index contributed by atoms with van der Waals surface area (Å²) in [5.74, 6) is 0.265. The summed E-state index contributed by atoms with van der Waals surface area (Å²) in [7, 11) is -3.31. The maximum absolute atomic E-state index is 12.6. The minimum Gasteiger partial charge on any atom is -0.396 e. The molecule has 2 atom stereocenters. The van der Waals surface area contributed by atoms with Crippen molar-refractivity contribution in [3.8, 4) is 0 Å². The van der Waals surface area contributed by atoms with Crippen LogP contribution in [0.4, 0.5) is 0 Å². The third-order valence-corrected chi connectivity index (χ3v) is 7.07. The fourth-order valence-electron chi connectivity index (χ4n) is 2.80. The standard InChI is InChI=1S/C12H24N2O3S2/c1-10-7-14(8-11(2)18-10)19(16,17)13-5-3-12(9-15)4-6-13/h10-12,15H,3-9H2,1-2H3. The number of hydrogen-bond donors (Lipinski definition) is 1. The van der Waals surface area contributed by atoms with E-state index < -0.39 is 10.2 Å². The molecule has 0 aromatic rings. The fraction of sp³-hybridized carbons (Fsp3) is 1.00. The molecule has 2 aliphatic rings. The van der Waals surface area contributed by atoms with Crippen molar-refractivity contribution in [1.82, 2.24) is 8.61 Å². The number of rotatable bonds is 3. The van der Waals surface area contributed by atoms with Gasteiger partial charge in [-0.05, 0) is 18.8 Å². The molecule has 2 fully saturated rings. The van der Waals surface area contributed by atoms with Crippen molar-refractivity contribution < 1.29 is 13.5 Å². The summed E-state index contributed by atoms with van der Waals surface area (Å²) in [4.78, 5) is 0. The van der Waals surface area contributed by atoms with E-state index in [1.54, 1.807) is 8.61 Å². The first-order valence-corrected chi connectivity index (χ1v) is 9.29. The topological polar surface area (TPSA) is 60.9 Å². The van der Waals surface area contributed by atoms with E-state index in [-0.39, 0.29) is 12.5 Å². The number of aliphatic hydroxyl groups is 1. The van der Waals surface area contributed by atoms with Crippen molar-refractivity contribution in [2.24, 2.45) is 5.92 Å². The van der Waals surface area contributed by atoms with Crippen molar-refractivity contribution in [3.05, 3.63) is 0 Å². The predicted molar refractivity (Wildman–Crippen MR) is 78.4 cm³/mol. The van der Waals surface area contributed by atoms with Crippen LogP contribution in [0.1, 0.15) is 26.7 Å². The molecular weight excluding hydrogens is 284 g/mol. The minimum absolute atomic E-state index is 0.169. The van der Waals surface area contributed by atoms with Crippen LogP contribution in [0.5, 0.6) is 0 Å². The van der Waals surface area contributed by atoms with Gasteiger partial charge in [-0.25, -0.2) is 0 Å². The fourth-order valence-corrected chi connectivity index (χ4v) is 6.14. The van der Waals surface area contributed by atoms with Gasteiger partial charge in [0.15, 0.2) is 0 Å². The van der Waals surface area contributed by atoms with Gasteiger partial charge in [0.25, 0.3) is 10.2 Å². The second-order valence-electron chi connectivity index (χ2n) is 5.61. The van der Waals surface area contributed by atoms with Crippen molar-refractivity contribution in [1.29, 1.82) is 0 Å². The molecular formula is C12H24N2O3S2. The molecule has 0 aromatic heterocycles. The largest absolute Gasteiger partial charge is 0.396 e. The molecule has 0 aromatic carbocycles. The van der Waals surface area contributed by atoms with Gasteiger partial charge in [-0.15, -0.1) is 0 Å². The van der Waals surface area contributed by atoms with E-state index in [2.05, 4.69) is 13.8 Å². The van der Waals surface area contributed by atoms with Gasteiger partial charge in [0.2, 0.25) is 0 Å². The van der Waals surface area contributed by atoms with E-state index in [0.29, 0.717) is 36.7 Å². The molecule has 0 bridgehead atoms. The van der Waals surface area contributed by atoms with Crippen LogP contribution in [-0.2, 0) is 10.2 Å². The summed E-state index contributed by atoms with van der Waals surface area (Å²) >= 11 is 1.85. The minimum atomic E-state index is -3.31.